The van der Waals surface area contributed by atoms with Crippen molar-refractivity contribution in [3.63, 3.8) is 0 Å². The number of hydrogen-bond acceptors (Lipinski definition) is 5. The van der Waals surface area contributed by atoms with E-state index >= 15 is 0 Å². The van der Waals surface area contributed by atoms with Gasteiger partial charge in [0.05, 0.1) is 25.3 Å². The van der Waals surface area contributed by atoms with E-state index < -0.39 is 76.6 Å². The number of carbonyl (C=O) groups excluding carboxylic acids is 3. The third-order valence-electron chi connectivity index (χ3n) is 3.87. The van der Waals surface area contributed by atoms with Crippen LogP contribution in [0, 0.1) is 0 Å². The number of fused-ring (bicyclic) bond motifs is 1. The van der Waals surface area contributed by atoms with Crippen LogP contribution in [0.2, 0.25) is 0 Å². The fraction of sp³-hybridized carbons (Fsp3) is 0.438. The fourth-order valence-electron chi connectivity index (χ4n) is 2.88. The molecule has 0 aliphatic carbocycles. The Balaban J connectivity index is 0.00000300. The summed E-state index contributed by atoms with van der Waals surface area (Å²) < 4.78 is 37.8. The molecule has 2 saturated heterocycles. The van der Waals surface area contributed by atoms with Gasteiger partial charge in [0.25, 0.3) is 0 Å². The Labute approximate surface area is 194 Å². The molecule has 2 heterocycles. The molecular weight excluding hydrogens is 355 g/mol. The minimum Gasteiger partial charge on any atom is -0.548 e. The topological polar surface area (TPSA) is 89.5 Å². The maximum Gasteiger partial charge on any atom is 1.00 e. The predicted molar refractivity (Wildman–Crippen MR) is 83.2 cm³/mol. The number of benzene rings is 1. The second-order valence-electron chi connectivity index (χ2n) is 5.90. The zero-order chi connectivity index (χ0) is 21.1. The minimum absolute atomic E-state index is 0. The first-order chi connectivity index (χ1) is 12.9. The summed E-state index contributed by atoms with van der Waals surface area (Å²) >= 11 is 1.24. The van der Waals surface area contributed by atoms with Gasteiger partial charge in [0.1, 0.15) is 11.4 Å². The molecule has 0 aromatic heterocycles. The van der Waals surface area contributed by atoms with E-state index in [-0.39, 0.29) is 56.9 Å². The molecule has 8 heteroatoms. The van der Waals surface area contributed by atoms with E-state index in [1.54, 1.807) is 13.8 Å². The molecule has 1 aromatic carbocycles. The predicted octanol–water partition coefficient (Wildman–Crippen LogP) is -3.47. The summed E-state index contributed by atoms with van der Waals surface area (Å²) in [6.07, 6.45) is -0.496. The number of carboxylic acids is 1. The minimum atomic E-state index is -1.36. The van der Waals surface area contributed by atoms with E-state index in [9.17, 15) is 19.5 Å². The number of amides is 2. The van der Waals surface area contributed by atoms with Crippen molar-refractivity contribution >= 4 is 29.5 Å². The van der Waals surface area contributed by atoms with Crippen LogP contribution in [0.3, 0.4) is 0 Å². The molecule has 6 nitrogen and oxygen atoms in total. The average Bonchev–Trinajstić information content (AvgIpc) is 2.88. The van der Waals surface area contributed by atoms with Gasteiger partial charge < -0.3 is 20.1 Å². The maximum absolute atomic E-state index is 12.4. The number of aliphatic carboxylic acids is 1. The van der Waals surface area contributed by atoms with E-state index in [1.165, 1.54) is 16.7 Å². The molecule has 0 saturated carbocycles. The summed E-state index contributed by atoms with van der Waals surface area (Å²) in [5, 5.41) is 13.3. The van der Waals surface area contributed by atoms with Crippen LogP contribution in [-0.2, 0) is 20.8 Å². The van der Waals surface area contributed by atoms with E-state index in [0.717, 1.165) is 0 Å². The van der Waals surface area contributed by atoms with Gasteiger partial charge in [-0.25, -0.2) is 0 Å². The Morgan fingerprint density at radius 2 is 2.00 bits per heavy atom. The molecule has 2 amide bonds. The smallest absolute Gasteiger partial charge is 0.548 e. The molecule has 3 atom stereocenters. The number of nitrogens with one attached hydrogen (secondary N) is 1. The van der Waals surface area contributed by atoms with Gasteiger partial charge in [-0.2, -0.15) is 0 Å². The first kappa shape index (κ1) is 13.8. The maximum atomic E-state index is 12.4. The van der Waals surface area contributed by atoms with Crippen LogP contribution >= 0.6 is 11.8 Å². The van der Waals surface area contributed by atoms with Gasteiger partial charge in [0.2, 0.25) is 11.8 Å². The number of carboxylic acid groups (broad SMARTS) is 1. The van der Waals surface area contributed by atoms with Gasteiger partial charge in [0.15, 0.2) is 0 Å². The fourth-order valence-corrected chi connectivity index (χ4v) is 4.50. The summed E-state index contributed by atoms with van der Waals surface area (Å²) in [4.78, 5) is 37.3. The average molecular weight is 378 g/mol. The van der Waals surface area contributed by atoms with Crippen molar-refractivity contribution < 1.29 is 77.7 Å². The van der Waals surface area contributed by atoms with Crippen molar-refractivity contribution in [2.24, 2.45) is 0 Å². The molecule has 122 valence electrons. The van der Waals surface area contributed by atoms with Crippen molar-refractivity contribution in [2.75, 3.05) is 0 Å². The Hall–Kier alpha value is -0.384. The molecular formula is C16H17KN2O4S. The normalized spacial score (nSPS) is 29.8. The SMILES string of the molecule is [2H]c1c([2H])c([2H])c(CC(=O)N[C@@H]2C(=O)N3[C@@H]2SC(C)(C)[C@@H]3C(=O)[O-])c([2H])c1[2H].[K+]. The summed E-state index contributed by atoms with van der Waals surface area (Å²) in [5.74, 6) is -2.60. The third kappa shape index (κ3) is 3.59. The van der Waals surface area contributed by atoms with Crippen molar-refractivity contribution in [3.8, 4) is 0 Å². The van der Waals surface area contributed by atoms with E-state index in [1.807, 2.05) is 0 Å². The molecule has 2 aliphatic rings. The van der Waals surface area contributed by atoms with Crippen LogP contribution in [0.15, 0.2) is 30.2 Å². The van der Waals surface area contributed by atoms with Crippen LogP contribution in [0.5, 0.6) is 0 Å². The zero-order valence-electron chi connectivity index (χ0n) is 18.4. The summed E-state index contributed by atoms with van der Waals surface area (Å²) in [7, 11) is 0. The summed E-state index contributed by atoms with van der Waals surface area (Å²) in [6, 6.07) is -4.64. The number of carbonyl (C=O) groups is 3. The summed E-state index contributed by atoms with van der Waals surface area (Å²) in [6.45, 7) is 3.35. The molecule has 0 unspecified atom stereocenters. The molecule has 1 aromatic rings. The Bertz CT molecular complexity index is 887. The number of rotatable bonds is 4. The van der Waals surface area contributed by atoms with E-state index in [2.05, 4.69) is 5.32 Å². The Morgan fingerprint density at radius 1 is 1.38 bits per heavy atom. The van der Waals surface area contributed by atoms with Crippen LogP contribution in [-0.4, -0.2) is 44.9 Å². The molecule has 2 aliphatic heterocycles. The van der Waals surface area contributed by atoms with Crippen LogP contribution in [0.4, 0.5) is 0 Å². The van der Waals surface area contributed by atoms with Gasteiger partial charge in [-0.3, -0.25) is 9.59 Å². The van der Waals surface area contributed by atoms with Gasteiger partial charge in [-0.1, -0.05) is 30.2 Å². The second-order valence-corrected chi connectivity index (χ2v) is 7.68. The molecule has 24 heavy (non-hydrogen) atoms. The van der Waals surface area contributed by atoms with Gasteiger partial charge in [-0.15, -0.1) is 11.8 Å². The second kappa shape index (κ2) is 7.47. The number of hydrogen-bond donors (Lipinski definition) is 1. The zero-order valence-corrected chi connectivity index (χ0v) is 17.4. The monoisotopic (exact) mass is 377 g/mol. The standard InChI is InChI=1S/C16H18N2O4S.K/c1-16(2)12(15(21)22)18-13(20)11(14(18)23-16)17-10(19)8-9-6-4-3-5-7-9;/h3-7,11-12,14H,8H2,1-2H3,(H,17,19)(H,21,22);/q;+1/p-1/t11-,12+,14-;/m1./s1/i3D,4D,5D,6D,7D;. The number of β-lactam (4-membered cyclic amide) rings is 1. The Kier molecular flexibility index (Phi) is 4.29. The van der Waals surface area contributed by atoms with Gasteiger partial charge in [-0.05, 0) is 19.4 Å². The molecule has 3 rings (SSSR count). The van der Waals surface area contributed by atoms with Crippen molar-refractivity contribution in [3.05, 3.63) is 35.8 Å². The number of thioether (sulfide) groups is 1. The summed E-state index contributed by atoms with van der Waals surface area (Å²) in [5.41, 5.74) is -0.167. The van der Waals surface area contributed by atoms with Crippen molar-refractivity contribution in [1.29, 1.82) is 0 Å². The van der Waals surface area contributed by atoms with Crippen LogP contribution in [0.25, 0.3) is 0 Å². The van der Waals surface area contributed by atoms with Gasteiger partial charge in [0, 0.05) is 4.75 Å². The Morgan fingerprint density at radius 3 is 2.58 bits per heavy atom. The van der Waals surface area contributed by atoms with Crippen molar-refractivity contribution in [1.82, 2.24) is 10.2 Å². The quantitative estimate of drug-likeness (QED) is 0.435. The largest absolute Gasteiger partial charge is 1.00 e. The molecule has 0 spiro atoms. The van der Waals surface area contributed by atoms with Crippen LogP contribution < -0.4 is 61.8 Å². The number of nitrogens with zero attached hydrogens (tertiary/aromatic N) is 1. The molecule has 2 fully saturated rings. The van der Waals surface area contributed by atoms with E-state index in [0.29, 0.717) is 0 Å². The first-order valence-electron chi connectivity index (χ1n) is 9.44. The van der Waals surface area contributed by atoms with Gasteiger partial charge >= 0.3 is 51.4 Å². The first-order valence-corrected chi connectivity index (χ1v) is 7.82. The van der Waals surface area contributed by atoms with Crippen molar-refractivity contribution in [2.45, 2.75) is 42.5 Å². The third-order valence-corrected chi connectivity index (χ3v) is 5.44. The van der Waals surface area contributed by atoms with Crippen LogP contribution in [0.1, 0.15) is 26.3 Å². The molecule has 1 N–H and O–H groups in total. The molecule has 0 bridgehead atoms. The van der Waals surface area contributed by atoms with E-state index in [4.69, 9.17) is 6.85 Å². The molecule has 0 radical (unpaired) electrons.